The molecule has 222 valence electrons. The van der Waals surface area contributed by atoms with Crippen molar-refractivity contribution < 1.29 is 25.8 Å². The molecule has 4 atom stereocenters. The van der Waals surface area contributed by atoms with Crippen LogP contribution in [0, 0.1) is 11.6 Å². The Morgan fingerprint density at radius 1 is 1.17 bits per heavy atom. The number of nitrogens with one attached hydrogen (secondary N) is 1. The van der Waals surface area contributed by atoms with Gasteiger partial charge in [-0.05, 0) is 56.2 Å². The summed E-state index contributed by atoms with van der Waals surface area (Å²) in [4.78, 5) is 15.6. The van der Waals surface area contributed by atoms with Crippen LogP contribution < -0.4 is 19.9 Å². The number of phenols is 1. The lowest BCUT2D eigenvalue weighted by molar-refractivity contribution is 0.107. The maximum absolute atomic E-state index is 15.2. The average molecular weight is 583 g/mol. The van der Waals surface area contributed by atoms with Gasteiger partial charge in [0.25, 0.3) is 0 Å². The minimum Gasteiger partial charge on any atom is -0.508 e. The lowest BCUT2D eigenvalue weighted by atomic mass is 9.92. The molecule has 11 heteroatoms. The van der Waals surface area contributed by atoms with E-state index in [0.29, 0.717) is 54.6 Å². The minimum absolute atomic E-state index is 0.0554. The summed E-state index contributed by atoms with van der Waals surface area (Å²) >= 11 is 0. The summed E-state index contributed by atoms with van der Waals surface area (Å²) < 4.78 is 68.3. The second kappa shape index (κ2) is 9.87. The van der Waals surface area contributed by atoms with E-state index in [9.17, 15) is 13.9 Å². The summed E-state index contributed by atoms with van der Waals surface area (Å²) in [7, 11) is 0. The van der Waals surface area contributed by atoms with E-state index < -0.39 is 29.9 Å². The lowest BCUT2D eigenvalue weighted by Gasteiger charge is -2.47. The summed E-state index contributed by atoms with van der Waals surface area (Å²) in [5.74, 6) is -1.31. The number of phenolic OH excluding ortho intramolecular Hbond substituents is 1. The van der Waals surface area contributed by atoms with Crippen molar-refractivity contribution in [3.8, 4) is 11.8 Å². The van der Waals surface area contributed by atoms with Crippen LogP contribution in [0.4, 0.5) is 24.7 Å². The molecule has 0 aliphatic carbocycles. The largest absolute Gasteiger partial charge is 0.508 e. The first-order chi connectivity index (χ1) is 21.1. The molecule has 6 aliphatic rings. The van der Waals surface area contributed by atoms with Crippen LogP contribution in [-0.4, -0.2) is 83.1 Å². The standard InChI is InChI=1S/C31H35F3N6O2/c32-19-12-31(7-1-8-39(31)14-19)17-42-30-36-25-16-38(26-11-22(41)10-18-2-5-24(33)28(34)27(18)26)9-6-23(25)29(37-30)40-15-20-3-4-21(40)13-35-20/h2,5,10-11,19-21,35,41H,1,3-4,6-9,12-17H2/t19-,20?,21?,31+/m1/s1/i17D2. The average Bonchev–Trinajstić information content (AvgIpc) is 3.56. The van der Waals surface area contributed by atoms with Gasteiger partial charge in [0.1, 0.15) is 24.3 Å². The zero-order valence-corrected chi connectivity index (χ0v) is 23.3. The molecule has 2 unspecified atom stereocenters. The highest BCUT2D eigenvalue weighted by molar-refractivity contribution is 5.96. The first kappa shape index (κ1) is 24.2. The van der Waals surface area contributed by atoms with Gasteiger partial charge in [-0.25, -0.2) is 13.2 Å². The summed E-state index contributed by atoms with van der Waals surface area (Å²) in [6.07, 6.45) is 2.77. The maximum atomic E-state index is 15.2. The highest BCUT2D eigenvalue weighted by Gasteiger charge is 2.49. The normalized spacial score (nSPS) is 29.9. The number of nitrogens with zero attached hydrogens (tertiary/aromatic N) is 5. The van der Waals surface area contributed by atoms with Crippen LogP contribution in [0.1, 0.15) is 46.1 Å². The van der Waals surface area contributed by atoms with Crippen molar-refractivity contribution in [3.63, 3.8) is 0 Å². The number of fused-ring (bicyclic) bond motifs is 6. The van der Waals surface area contributed by atoms with Crippen molar-refractivity contribution in [1.29, 1.82) is 0 Å². The Balaban J connectivity index is 1.20. The molecule has 5 fully saturated rings. The van der Waals surface area contributed by atoms with Gasteiger partial charge in [0.15, 0.2) is 11.6 Å². The summed E-state index contributed by atoms with van der Waals surface area (Å²) in [6, 6.07) is 5.77. The number of rotatable bonds is 5. The van der Waals surface area contributed by atoms with Gasteiger partial charge in [-0.1, -0.05) is 6.07 Å². The number of hydrogen-bond acceptors (Lipinski definition) is 8. The van der Waals surface area contributed by atoms with Crippen LogP contribution in [0.3, 0.4) is 0 Å². The van der Waals surface area contributed by atoms with Crippen LogP contribution >= 0.6 is 0 Å². The molecule has 0 saturated carbocycles. The zero-order chi connectivity index (χ0) is 30.4. The van der Waals surface area contributed by atoms with E-state index in [1.54, 1.807) is 0 Å². The molecular formula is C31H35F3N6O2. The number of aromatic nitrogens is 2. The first-order valence-electron chi connectivity index (χ1n) is 16.0. The fraction of sp³-hybridized carbons (Fsp3) is 0.548. The van der Waals surface area contributed by atoms with Crippen molar-refractivity contribution >= 4 is 22.3 Å². The van der Waals surface area contributed by atoms with Crippen molar-refractivity contribution in [3.05, 3.63) is 47.2 Å². The fourth-order valence-electron chi connectivity index (χ4n) is 7.85. The molecule has 2 N–H and O–H groups in total. The molecule has 0 amide bonds. The molecule has 5 saturated heterocycles. The Morgan fingerprint density at radius 2 is 2.07 bits per heavy atom. The summed E-state index contributed by atoms with van der Waals surface area (Å²) in [6.45, 7) is 0.794. The number of piperidine rings is 2. The maximum Gasteiger partial charge on any atom is 0.318 e. The number of piperazine rings is 1. The van der Waals surface area contributed by atoms with Gasteiger partial charge in [-0.2, -0.15) is 9.97 Å². The Morgan fingerprint density at radius 3 is 2.88 bits per heavy atom. The molecule has 2 bridgehead atoms. The van der Waals surface area contributed by atoms with Gasteiger partial charge in [0, 0.05) is 61.7 Å². The number of ether oxygens (including phenoxy) is 1. The summed E-state index contributed by atoms with van der Waals surface area (Å²) in [5, 5.41) is 14.5. The Bertz CT molecular complexity index is 1640. The van der Waals surface area contributed by atoms with Gasteiger partial charge in [-0.15, -0.1) is 0 Å². The molecule has 3 aromatic rings. The van der Waals surface area contributed by atoms with E-state index in [1.165, 1.54) is 18.2 Å². The number of benzene rings is 2. The molecule has 6 aliphatic heterocycles. The molecule has 0 spiro atoms. The zero-order valence-electron chi connectivity index (χ0n) is 25.3. The molecule has 9 rings (SSSR count). The van der Waals surface area contributed by atoms with Gasteiger partial charge >= 0.3 is 6.01 Å². The van der Waals surface area contributed by atoms with Crippen molar-refractivity contribution in [2.45, 2.75) is 68.9 Å². The van der Waals surface area contributed by atoms with E-state index in [4.69, 9.17) is 17.4 Å². The van der Waals surface area contributed by atoms with Crippen LogP contribution in [0.2, 0.25) is 0 Å². The summed E-state index contributed by atoms with van der Waals surface area (Å²) in [5.41, 5.74) is 0.782. The smallest absolute Gasteiger partial charge is 0.318 e. The molecular weight excluding hydrogens is 545 g/mol. The Labute approximate surface area is 245 Å². The number of anilines is 2. The number of hydrogen-bond donors (Lipinski definition) is 2. The van der Waals surface area contributed by atoms with Crippen LogP contribution in [0.15, 0.2) is 24.3 Å². The first-order valence-corrected chi connectivity index (χ1v) is 15.0. The number of aromatic hydroxyl groups is 1. The van der Waals surface area contributed by atoms with Gasteiger partial charge in [-0.3, -0.25) is 4.90 Å². The van der Waals surface area contributed by atoms with Crippen LogP contribution in [0.25, 0.3) is 10.8 Å². The lowest BCUT2D eigenvalue weighted by Crippen LogP contribution is -2.61. The highest BCUT2D eigenvalue weighted by atomic mass is 19.2. The van der Waals surface area contributed by atoms with Crippen LogP contribution in [0.5, 0.6) is 11.8 Å². The number of alkyl halides is 1. The molecule has 42 heavy (non-hydrogen) atoms. The molecule has 1 aromatic heterocycles. The van der Waals surface area contributed by atoms with Gasteiger partial charge in [0.05, 0.1) is 26.2 Å². The van der Waals surface area contributed by atoms with Crippen molar-refractivity contribution in [1.82, 2.24) is 20.2 Å². The Hall–Kier alpha value is -3.31. The van der Waals surface area contributed by atoms with Gasteiger partial charge < -0.3 is 25.0 Å². The second-order valence-corrected chi connectivity index (χ2v) is 12.4. The predicted molar refractivity (Wildman–Crippen MR) is 153 cm³/mol. The molecule has 0 radical (unpaired) electrons. The minimum atomic E-state index is -2.24. The van der Waals surface area contributed by atoms with Gasteiger partial charge in [0.2, 0.25) is 0 Å². The predicted octanol–water partition coefficient (Wildman–Crippen LogP) is 4.07. The van der Waals surface area contributed by atoms with E-state index in [2.05, 4.69) is 10.2 Å². The highest BCUT2D eigenvalue weighted by Crippen LogP contribution is 2.42. The second-order valence-electron chi connectivity index (χ2n) is 12.4. The SMILES string of the molecule is [2H]C([2H])(Oc1nc2c(c(N3CC4CCC3CN4)n1)CCN(c1cc(O)cc3ccc(F)c(F)c13)C2)[C@@]12CCCN1C[C@H](F)C2. The topological polar surface area (TPSA) is 77.0 Å². The van der Waals surface area contributed by atoms with Crippen molar-refractivity contribution in [2.24, 2.45) is 0 Å². The van der Waals surface area contributed by atoms with E-state index in [0.717, 1.165) is 44.0 Å². The third-order valence-electron chi connectivity index (χ3n) is 9.89. The molecule has 8 nitrogen and oxygen atoms in total. The monoisotopic (exact) mass is 582 g/mol. The Kier molecular flexibility index (Phi) is 5.68. The van der Waals surface area contributed by atoms with E-state index in [-0.39, 0.29) is 42.7 Å². The van der Waals surface area contributed by atoms with E-state index in [1.807, 2.05) is 9.80 Å². The third kappa shape index (κ3) is 4.26. The van der Waals surface area contributed by atoms with Crippen LogP contribution in [-0.2, 0) is 13.0 Å². The third-order valence-corrected chi connectivity index (χ3v) is 9.89. The van der Waals surface area contributed by atoms with E-state index >= 15 is 4.39 Å². The quantitative estimate of drug-likeness (QED) is 0.467. The number of halogens is 3. The molecule has 2 aromatic carbocycles. The van der Waals surface area contributed by atoms with Crippen molar-refractivity contribution in [2.75, 3.05) is 49.1 Å². The fourth-order valence-corrected chi connectivity index (χ4v) is 7.85. The molecule has 7 heterocycles.